The van der Waals surface area contributed by atoms with Crippen LogP contribution in [0, 0.1) is 0 Å². The third kappa shape index (κ3) is 3.50. The van der Waals surface area contributed by atoms with E-state index in [9.17, 15) is 9.90 Å². The van der Waals surface area contributed by atoms with E-state index in [-0.39, 0.29) is 6.61 Å². The number of carbonyl (C=O) groups excluding carboxylic acids is 1. The maximum atomic E-state index is 12.6. The van der Waals surface area contributed by atoms with E-state index in [1.165, 1.54) is 4.90 Å². The number of H-pyrrole nitrogens is 1. The minimum absolute atomic E-state index is 0.0247. The van der Waals surface area contributed by atoms with E-state index >= 15 is 0 Å². The van der Waals surface area contributed by atoms with E-state index in [0.29, 0.717) is 17.0 Å². The number of anilines is 1. The van der Waals surface area contributed by atoms with Gasteiger partial charge in [0, 0.05) is 25.2 Å². The summed E-state index contributed by atoms with van der Waals surface area (Å²) in [6.07, 6.45) is 1.21. The molecular formula is C22H25N5O3. The number of pyridine rings is 1. The van der Waals surface area contributed by atoms with Gasteiger partial charge in [-0.15, -0.1) is 0 Å². The van der Waals surface area contributed by atoms with Gasteiger partial charge in [0.1, 0.15) is 16.8 Å². The van der Waals surface area contributed by atoms with Crippen molar-refractivity contribution in [2.45, 2.75) is 33.0 Å². The highest BCUT2D eigenvalue weighted by atomic mass is 16.6. The smallest absolute Gasteiger partial charge is 0.415 e. The number of amides is 1. The molecule has 1 aromatic carbocycles. The molecule has 0 saturated carbocycles. The Balaban J connectivity index is 1.87. The summed E-state index contributed by atoms with van der Waals surface area (Å²) in [6, 6.07) is 9.69. The first kappa shape index (κ1) is 19.9. The van der Waals surface area contributed by atoms with Crippen LogP contribution in [0.1, 0.15) is 26.3 Å². The van der Waals surface area contributed by atoms with E-state index in [0.717, 1.165) is 27.7 Å². The second-order valence-corrected chi connectivity index (χ2v) is 8.33. The fourth-order valence-electron chi connectivity index (χ4n) is 3.43. The predicted octanol–water partition coefficient (Wildman–Crippen LogP) is 3.98. The summed E-state index contributed by atoms with van der Waals surface area (Å²) < 4.78 is 7.41. The number of rotatable bonds is 3. The van der Waals surface area contributed by atoms with Crippen LogP contribution in [-0.2, 0) is 18.4 Å². The first-order valence-corrected chi connectivity index (χ1v) is 9.68. The van der Waals surface area contributed by atoms with Crippen LogP contribution in [-0.4, -0.2) is 43.4 Å². The number of hydrogen-bond donors (Lipinski definition) is 2. The van der Waals surface area contributed by atoms with Crippen LogP contribution in [0.3, 0.4) is 0 Å². The molecule has 0 unspecified atom stereocenters. The van der Waals surface area contributed by atoms with Crippen LogP contribution < -0.4 is 4.90 Å². The highest BCUT2D eigenvalue weighted by Crippen LogP contribution is 2.33. The molecule has 1 amide bonds. The van der Waals surface area contributed by atoms with Gasteiger partial charge in [-0.3, -0.25) is 4.90 Å². The number of aliphatic hydroxyl groups is 1. The lowest BCUT2D eigenvalue weighted by molar-refractivity contribution is 0.0588. The molecule has 0 aliphatic heterocycles. The SMILES string of the molecule is CN(C(=O)OC(C)(C)C)c1nc2[nH]c(-c3cccc(CO)c3)cc2c2c1ncn2C. The molecule has 8 nitrogen and oxygen atoms in total. The van der Waals surface area contributed by atoms with Gasteiger partial charge in [0.2, 0.25) is 0 Å². The Kier molecular flexibility index (Phi) is 4.74. The molecule has 0 atom stereocenters. The molecule has 3 heterocycles. The van der Waals surface area contributed by atoms with Crippen molar-refractivity contribution in [3.05, 3.63) is 42.2 Å². The van der Waals surface area contributed by atoms with Gasteiger partial charge < -0.3 is 19.4 Å². The van der Waals surface area contributed by atoms with Gasteiger partial charge in [0.25, 0.3) is 0 Å². The molecule has 4 aromatic rings. The summed E-state index contributed by atoms with van der Waals surface area (Å²) in [5, 5.41) is 10.3. The average Bonchev–Trinajstić information content (AvgIpc) is 3.29. The Bertz CT molecular complexity index is 1250. The molecule has 0 fully saturated rings. The highest BCUT2D eigenvalue weighted by molar-refractivity contribution is 6.09. The molecular weight excluding hydrogens is 382 g/mol. The Labute approximate surface area is 174 Å². The van der Waals surface area contributed by atoms with E-state index in [2.05, 4.69) is 9.97 Å². The molecule has 4 rings (SSSR count). The molecule has 0 aliphatic carbocycles. The van der Waals surface area contributed by atoms with Gasteiger partial charge in [-0.1, -0.05) is 18.2 Å². The normalized spacial score (nSPS) is 11.9. The van der Waals surface area contributed by atoms with Crippen molar-refractivity contribution in [3.8, 4) is 11.3 Å². The fourth-order valence-corrected chi connectivity index (χ4v) is 3.43. The van der Waals surface area contributed by atoms with Crippen molar-refractivity contribution in [2.75, 3.05) is 11.9 Å². The summed E-state index contributed by atoms with van der Waals surface area (Å²) in [7, 11) is 3.54. The number of aromatic nitrogens is 4. The standard InChI is InChI=1S/C22H25N5O3/c1-22(2,3)30-21(29)27(5)20-17-18(26(4)12-23-17)15-10-16(24-19(15)25-20)14-8-6-7-13(9-14)11-28/h6-10,12,28H,11H2,1-5H3,(H,24,25). The summed E-state index contributed by atoms with van der Waals surface area (Å²) in [4.78, 5) is 26.5. The number of hydrogen-bond acceptors (Lipinski definition) is 5. The summed E-state index contributed by atoms with van der Waals surface area (Å²) in [5.74, 6) is 0.421. The predicted molar refractivity (Wildman–Crippen MR) is 116 cm³/mol. The number of benzene rings is 1. The largest absolute Gasteiger partial charge is 0.443 e. The second-order valence-electron chi connectivity index (χ2n) is 8.33. The zero-order valence-electron chi connectivity index (χ0n) is 17.7. The summed E-state index contributed by atoms with van der Waals surface area (Å²) in [5.41, 5.74) is 4.15. The Morgan fingerprint density at radius 2 is 2.07 bits per heavy atom. The lowest BCUT2D eigenvalue weighted by atomic mass is 10.1. The van der Waals surface area contributed by atoms with Gasteiger partial charge in [-0.05, 0) is 44.0 Å². The van der Waals surface area contributed by atoms with Crippen LogP contribution in [0.5, 0.6) is 0 Å². The summed E-state index contributed by atoms with van der Waals surface area (Å²) >= 11 is 0. The highest BCUT2D eigenvalue weighted by Gasteiger charge is 2.25. The maximum Gasteiger partial charge on any atom is 0.415 e. The minimum Gasteiger partial charge on any atom is -0.443 e. The number of imidazole rings is 1. The van der Waals surface area contributed by atoms with Crippen LogP contribution >= 0.6 is 0 Å². The second kappa shape index (κ2) is 7.14. The van der Waals surface area contributed by atoms with Crippen LogP contribution in [0.25, 0.3) is 33.3 Å². The number of aryl methyl sites for hydroxylation is 1. The number of nitrogens with one attached hydrogen (secondary N) is 1. The number of carbonyl (C=O) groups is 1. The van der Waals surface area contributed by atoms with Crippen molar-refractivity contribution in [2.24, 2.45) is 7.05 Å². The molecule has 0 saturated heterocycles. The van der Waals surface area contributed by atoms with E-state index in [4.69, 9.17) is 9.72 Å². The third-order valence-corrected chi connectivity index (χ3v) is 4.82. The van der Waals surface area contributed by atoms with Gasteiger partial charge in [-0.25, -0.2) is 14.8 Å². The number of fused-ring (bicyclic) bond motifs is 3. The minimum atomic E-state index is -0.615. The van der Waals surface area contributed by atoms with Crippen molar-refractivity contribution >= 4 is 34.0 Å². The number of aromatic amines is 1. The first-order chi connectivity index (χ1) is 14.2. The van der Waals surface area contributed by atoms with E-state index in [1.54, 1.807) is 13.4 Å². The fraction of sp³-hybridized carbons (Fsp3) is 0.318. The topological polar surface area (TPSA) is 96.3 Å². The molecule has 156 valence electrons. The molecule has 0 radical (unpaired) electrons. The van der Waals surface area contributed by atoms with Gasteiger partial charge in [-0.2, -0.15) is 0 Å². The molecule has 30 heavy (non-hydrogen) atoms. The molecule has 2 N–H and O–H groups in total. The zero-order chi connectivity index (χ0) is 21.6. The molecule has 0 spiro atoms. The maximum absolute atomic E-state index is 12.6. The third-order valence-electron chi connectivity index (χ3n) is 4.82. The van der Waals surface area contributed by atoms with Crippen LogP contribution in [0.15, 0.2) is 36.7 Å². The number of ether oxygens (including phenoxy) is 1. The summed E-state index contributed by atoms with van der Waals surface area (Å²) in [6.45, 7) is 5.44. The number of aliphatic hydroxyl groups excluding tert-OH is 1. The molecule has 0 aliphatic rings. The molecule has 0 bridgehead atoms. The number of nitrogens with zero attached hydrogens (tertiary/aromatic N) is 4. The zero-order valence-corrected chi connectivity index (χ0v) is 17.7. The van der Waals surface area contributed by atoms with Gasteiger partial charge in [0.15, 0.2) is 5.82 Å². The monoisotopic (exact) mass is 407 g/mol. The Morgan fingerprint density at radius 3 is 2.77 bits per heavy atom. The lowest BCUT2D eigenvalue weighted by Crippen LogP contribution is -2.34. The van der Waals surface area contributed by atoms with Crippen molar-refractivity contribution < 1.29 is 14.6 Å². The van der Waals surface area contributed by atoms with E-state index < -0.39 is 11.7 Å². The Hall–Kier alpha value is -3.39. The Morgan fingerprint density at radius 1 is 1.30 bits per heavy atom. The van der Waals surface area contributed by atoms with Crippen molar-refractivity contribution in [1.29, 1.82) is 0 Å². The first-order valence-electron chi connectivity index (χ1n) is 9.68. The molecule has 8 heteroatoms. The molecule has 3 aromatic heterocycles. The average molecular weight is 407 g/mol. The van der Waals surface area contributed by atoms with Crippen LogP contribution in [0.2, 0.25) is 0 Å². The van der Waals surface area contributed by atoms with Crippen molar-refractivity contribution in [1.82, 2.24) is 19.5 Å². The quantitative estimate of drug-likeness (QED) is 0.535. The van der Waals surface area contributed by atoms with Gasteiger partial charge in [0.05, 0.1) is 18.5 Å². The van der Waals surface area contributed by atoms with Crippen molar-refractivity contribution in [3.63, 3.8) is 0 Å². The lowest BCUT2D eigenvalue weighted by Gasteiger charge is -2.24. The van der Waals surface area contributed by atoms with Crippen LogP contribution in [0.4, 0.5) is 10.6 Å². The van der Waals surface area contributed by atoms with Gasteiger partial charge >= 0.3 is 6.09 Å². The van der Waals surface area contributed by atoms with E-state index in [1.807, 2.05) is 62.7 Å².